The van der Waals surface area contributed by atoms with E-state index >= 15 is 4.39 Å². The molecule has 34 heavy (non-hydrogen) atoms. The Balaban J connectivity index is 2.62. The van der Waals surface area contributed by atoms with Gasteiger partial charge in [0.25, 0.3) is 0 Å². The molecule has 7 nitrogen and oxygen atoms in total. The van der Waals surface area contributed by atoms with E-state index in [0.717, 1.165) is 6.07 Å². The van der Waals surface area contributed by atoms with E-state index in [1.165, 1.54) is 52.1 Å². The summed E-state index contributed by atoms with van der Waals surface area (Å²) < 4.78 is 36.1. The highest BCUT2D eigenvalue weighted by Crippen LogP contribution is 2.38. The van der Waals surface area contributed by atoms with Crippen molar-refractivity contribution >= 4 is 17.9 Å². The normalized spacial score (nSPS) is 10.3. The summed E-state index contributed by atoms with van der Waals surface area (Å²) in [6.45, 7) is 15.0. The summed E-state index contributed by atoms with van der Waals surface area (Å²) in [6, 6.07) is 6.68. The van der Waals surface area contributed by atoms with Crippen molar-refractivity contribution in [1.29, 1.82) is 0 Å². The second-order valence-electron chi connectivity index (χ2n) is 7.54. The van der Waals surface area contributed by atoms with Gasteiger partial charge >= 0.3 is 17.9 Å². The molecule has 2 aromatic rings. The molecule has 0 heterocycles. The van der Waals surface area contributed by atoms with E-state index in [9.17, 15) is 14.4 Å². The maximum atomic E-state index is 15.2. The molecule has 0 saturated heterocycles. The summed E-state index contributed by atoms with van der Waals surface area (Å²) >= 11 is 0. The minimum atomic E-state index is -0.816. The molecule has 0 aromatic heterocycles. The number of benzene rings is 2. The summed E-state index contributed by atoms with van der Waals surface area (Å²) in [5.74, 6) is -3.26. The SMILES string of the molecule is C=C(C)C(=O)Oc1ccc(-c2cc(OC(=O)C(=C)C)c(OC(=O)C(=C)C)cc2F)c(COC)c1. The third-order valence-electron chi connectivity index (χ3n) is 4.36. The van der Waals surface area contributed by atoms with Crippen molar-refractivity contribution in [3.05, 3.63) is 78.2 Å². The summed E-state index contributed by atoms with van der Waals surface area (Å²) in [4.78, 5) is 36.0. The van der Waals surface area contributed by atoms with E-state index in [1.54, 1.807) is 0 Å². The van der Waals surface area contributed by atoms with Gasteiger partial charge in [0.05, 0.1) is 6.61 Å². The highest BCUT2D eigenvalue weighted by molar-refractivity contribution is 5.92. The molecule has 178 valence electrons. The van der Waals surface area contributed by atoms with E-state index in [2.05, 4.69) is 19.7 Å². The van der Waals surface area contributed by atoms with E-state index < -0.39 is 23.7 Å². The van der Waals surface area contributed by atoms with Crippen LogP contribution in [0.15, 0.2) is 66.8 Å². The number of esters is 3. The van der Waals surface area contributed by atoms with Crippen LogP contribution in [0.3, 0.4) is 0 Å². The molecule has 0 atom stereocenters. The number of carbonyl (C=O) groups excluding carboxylic acids is 3. The monoisotopic (exact) mass is 468 g/mol. The molecule has 0 unspecified atom stereocenters. The second-order valence-corrected chi connectivity index (χ2v) is 7.54. The summed E-state index contributed by atoms with van der Waals surface area (Å²) in [5, 5.41) is 0. The average molecular weight is 468 g/mol. The van der Waals surface area contributed by atoms with Gasteiger partial charge in [0.2, 0.25) is 0 Å². The molecule has 0 saturated carbocycles. The van der Waals surface area contributed by atoms with Gasteiger partial charge in [0, 0.05) is 35.5 Å². The molecule has 0 spiro atoms. The molecule has 0 aliphatic carbocycles. The molecule has 0 amide bonds. The first-order valence-corrected chi connectivity index (χ1v) is 10.0. The van der Waals surface area contributed by atoms with Crippen molar-refractivity contribution in [2.75, 3.05) is 7.11 Å². The first-order chi connectivity index (χ1) is 15.9. The summed E-state index contributed by atoms with van der Waals surface area (Å²) in [5.41, 5.74) is 1.27. The highest BCUT2D eigenvalue weighted by atomic mass is 19.1. The smallest absolute Gasteiger partial charge is 0.338 e. The van der Waals surface area contributed by atoms with E-state index in [1.807, 2.05) is 0 Å². The Morgan fingerprint density at radius 1 is 0.765 bits per heavy atom. The van der Waals surface area contributed by atoms with Crippen molar-refractivity contribution in [3.63, 3.8) is 0 Å². The first-order valence-electron chi connectivity index (χ1n) is 10.0. The standard InChI is InChI=1S/C26H25FO7/c1-14(2)24(28)32-18-8-9-19(17(10-18)13-31-7)20-11-22(33-25(29)15(3)4)23(12-21(20)27)34-26(30)16(5)6/h8-12H,1,3,5,13H2,2,4,6-7H3. The lowest BCUT2D eigenvalue weighted by Crippen LogP contribution is -2.13. The molecule has 2 rings (SSSR count). The molecule has 0 fully saturated rings. The molecule has 0 radical (unpaired) electrons. The third-order valence-corrected chi connectivity index (χ3v) is 4.36. The average Bonchev–Trinajstić information content (AvgIpc) is 2.75. The number of hydrogen-bond acceptors (Lipinski definition) is 7. The van der Waals surface area contributed by atoms with Crippen LogP contribution in [0.4, 0.5) is 4.39 Å². The van der Waals surface area contributed by atoms with E-state index in [-0.39, 0.29) is 46.1 Å². The number of hydrogen-bond donors (Lipinski definition) is 0. The van der Waals surface area contributed by atoms with Crippen LogP contribution >= 0.6 is 0 Å². The number of carbonyl (C=O) groups is 3. The first kappa shape index (κ1) is 26.2. The van der Waals surface area contributed by atoms with E-state index in [4.69, 9.17) is 18.9 Å². The Morgan fingerprint density at radius 3 is 1.76 bits per heavy atom. The Labute approximate surface area is 197 Å². The second kappa shape index (κ2) is 11.2. The Kier molecular flexibility index (Phi) is 8.64. The Morgan fingerprint density at radius 2 is 1.26 bits per heavy atom. The zero-order valence-electron chi connectivity index (χ0n) is 19.5. The minimum Gasteiger partial charge on any atom is -0.423 e. The number of halogens is 1. The number of ether oxygens (including phenoxy) is 4. The largest absolute Gasteiger partial charge is 0.423 e. The third kappa shape index (κ3) is 6.49. The van der Waals surface area contributed by atoms with Crippen LogP contribution in [-0.4, -0.2) is 25.0 Å². The van der Waals surface area contributed by atoms with Crippen molar-refractivity contribution in [3.8, 4) is 28.4 Å². The maximum Gasteiger partial charge on any atom is 0.338 e. The predicted octanol–water partition coefficient (Wildman–Crippen LogP) is 5.08. The van der Waals surface area contributed by atoms with Crippen molar-refractivity contribution in [1.82, 2.24) is 0 Å². The van der Waals surface area contributed by atoms with Crippen LogP contribution in [0, 0.1) is 5.82 Å². The van der Waals surface area contributed by atoms with Crippen LogP contribution in [0.25, 0.3) is 11.1 Å². The topological polar surface area (TPSA) is 88.1 Å². The van der Waals surface area contributed by atoms with Gasteiger partial charge < -0.3 is 18.9 Å². The number of methoxy groups -OCH3 is 1. The van der Waals surface area contributed by atoms with Crippen molar-refractivity contribution < 1.29 is 37.7 Å². The molecule has 0 N–H and O–H groups in total. The summed E-state index contributed by atoms with van der Waals surface area (Å²) in [7, 11) is 1.45. The quantitative estimate of drug-likeness (QED) is 0.288. The molecular weight excluding hydrogens is 443 g/mol. The number of rotatable bonds is 9. The lowest BCUT2D eigenvalue weighted by atomic mass is 9.98. The van der Waals surface area contributed by atoms with Crippen LogP contribution < -0.4 is 14.2 Å². The van der Waals surface area contributed by atoms with Gasteiger partial charge in [-0.1, -0.05) is 25.8 Å². The van der Waals surface area contributed by atoms with Gasteiger partial charge in [-0.15, -0.1) is 0 Å². The lowest BCUT2D eigenvalue weighted by Gasteiger charge is -2.16. The van der Waals surface area contributed by atoms with Crippen molar-refractivity contribution in [2.45, 2.75) is 27.4 Å². The van der Waals surface area contributed by atoms with Crippen molar-refractivity contribution in [2.24, 2.45) is 0 Å². The zero-order valence-corrected chi connectivity index (χ0v) is 19.5. The summed E-state index contributed by atoms with van der Waals surface area (Å²) in [6.07, 6.45) is 0. The highest BCUT2D eigenvalue weighted by Gasteiger charge is 2.21. The van der Waals surface area contributed by atoms with Crippen LogP contribution in [0.1, 0.15) is 26.3 Å². The molecule has 0 aliphatic heterocycles. The van der Waals surface area contributed by atoms with Gasteiger partial charge in [0.1, 0.15) is 11.6 Å². The van der Waals surface area contributed by atoms with Gasteiger partial charge in [-0.25, -0.2) is 18.8 Å². The predicted molar refractivity (Wildman–Crippen MR) is 124 cm³/mol. The molecule has 0 aliphatic rings. The maximum absolute atomic E-state index is 15.2. The van der Waals surface area contributed by atoms with Crippen LogP contribution in [0.5, 0.6) is 17.2 Å². The fourth-order valence-electron chi connectivity index (χ4n) is 2.64. The fraction of sp³-hybridized carbons (Fsp3) is 0.192. The minimum absolute atomic E-state index is 0.0319. The molecule has 0 bridgehead atoms. The lowest BCUT2D eigenvalue weighted by molar-refractivity contribution is -0.132. The molecule has 8 heteroatoms. The fourth-order valence-corrected chi connectivity index (χ4v) is 2.64. The Bertz CT molecular complexity index is 1190. The van der Waals surface area contributed by atoms with Crippen LogP contribution in [-0.2, 0) is 25.7 Å². The van der Waals surface area contributed by atoms with Gasteiger partial charge in [-0.05, 0) is 50.1 Å². The van der Waals surface area contributed by atoms with Gasteiger partial charge in [-0.3, -0.25) is 0 Å². The van der Waals surface area contributed by atoms with Gasteiger partial charge in [0.15, 0.2) is 11.5 Å². The van der Waals surface area contributed by atoms with E-state index in [0.29, 0.717) is 11.1 Å². The molecule has 2 aromatic carbocycles. The van der Waals surface area contributed by atoms with Gasteiger partial charge in [-0.2, -0.15) is 0 Å². The zero-order chi connectivity index (χ0) is 25.6. The Hall–Kier alpha value is -4.04. The van der Waals surface area contributed by atoms with Crippen LogP contribution in [0.2, 0.25) is 0 Å². The molecular formula is C26H25FO7.